The molecule has 1 aromatic rings. The Kier molecular flexibility index (Phi) is 4.10. The first-order valence-corrected chi connectivity index (χ1v) is 6.68. The number of carbonyl (C=O) groups is 1. The summed E-state index contributed by atoms with van der Waals surface area (Å²) in [6.45, 7) is 4.40. The fourth-order valence-corrected chi connectivity index (χ4v) is 2.52. The van der Waals surface area contributed by atoms with Crippen molar-refractivity contribution in [2.75, 3.05) is 6.54 Å². The lowest BCUT2D eigenvalue weighted by Gasteiger charge is -2.33. The molecule has 1 atom stereocenters. The van der Waals surface area contributed by atoms with Gasteiger partial charge in [0.15, 0.2) is 0 Å². The molecular formula is C15H21NO3. The van der Waals surface area contributed by atoms with Crippen molar-refractivity contribution in [3.05, 3.63) is 35.9 Å². The van der Waals surface area contributed by atoms with Crippen LogP contribution in [0.25, 0.3) is 0 Å². The van der Waals surface area contributed by atoms with Crippen LogP contribution in [0, 0.1) is 0 Å². The van der Waals surface area contributed by atoms with Crippen molar-refractivity contribution >= 4 is 6.09 Å². The van der Waals surface area contributed by atoms with E-state index in [9.17, 15) is 9.90 Å². The van der Waals surface area contributed by atoms with Crippen LogP contribution in [0.3, 0.4) is 0 Å². The number of ether oxygens (including phenoxy) is 1. The molecule has 1 heterocycles. The third-order valence-corrected chi connectivity index (χ3v) is 3.51. The monoisotopic (exact) mass is 263 g/mol. The zero-order valence-electron chi connectivity index (χ0n) is 11.5. The fourth-order valence-electron chi connectivity index (χ4n) is 2.52. The highest BCUT2D eigenvalue weighted by atomic mass is 16.6. The van der Waals surface area contributed by atoms with Crippen LogP contribution in [-0.4, -0.2) is 34.3 Å². The quantitative estimate of drug-likeness (QED) is 0.911. The molecule has 0 aromatic heterocycles. The van der Waals surface area contributed by atoms with Crippen molar-refractivity contribution in [1.29, 1.82) is 0 Å². The first-order chi connectivity index (χ1) is 8.98. The molecule has 104 valence electrons. The molecule has 0 saturated carbocycles. The Bertz CT molecular complexity index is 425. The number of amides is 1. The summed E-state index contributed by atoms with van der Waals surface area (Å²) in [6, 6.07) is 9.44. The summed E-state index contributed by atoms with van der Waals surface area (Å²) in [5, 5.41) is 10.1. The van der Waals surface area contributed by atoms with Gasteiger partial charge in [-0.05, 0) is 32.3 Å². The van der Waals surface area contributed by atoms with E-state index in [1.54, 1.807) is 18.7 Å². The summed E-state index contributed by atoms with van der Waals surface area (Å²) < 4.78 is 5.31. The van der Waals surface area contributed by atoms with E-state index in [1.807, 2.05) is 30.3 Å². The Labute approximate surface area is 114 Å². The Morgan fingerprint density at radius 2 is 2.11 bits per heavy atom. The van der Waals surface area contributed by atoms with Gasteiger partial charge in [0.1, 0.15) is 6.61 Å². The van der Waals surface area contributed by atoms with E-state index in [2.05, 4.69) is 0 Å². The van der Waals surface area contributed by atoms with Crippen LogP contribution >= 0.6 is 0 Å². The molecule has 0 unspecified atom stereocenters. The van der Waals surface area contributed by atoms with Crippen LogP contribution in [0.2, 0.25) is 0 Å². The van der Waals surface area contributed by atoms with Crippen LogP contribution in [0.5, 0.6) is 0 Å². The molecule has 0 spiro atoms. The van der Waals surface area contributed by atoms with Gasteiger partial charge in [0, 0.05) is 6.54 Å². The van der Waals surface area contributed by atoms with Gasteiger partial charge in [0.25, 0.3) is 0 Å². The maximum atomic E-state index is 12.1. The van der Waals surface area contributed by atoms with Gasteiger partial charge in [-0.1, -0.05) is 30.3 Å². The lowest BCUT2D eigenvalue weighted by atomic mass is 9.97. The van der Waals surface area contributed by atoms with Crippen molar-refractivity contribution in [2.45, 2.75) is 44.9 Å². The molecule has 4 nitrogen and oxygen atoms in total. The van der Waals surface area contributed by atoms with Crippen LogP contribution in [0.15, 0.2) is 30.3 Å². The molecule has 0 aliphatic carbocycles. The van der Waals surface area contributed by atoms with Crippen LogP contribution in [0.1, 0.15) is 32.3 Å². The number of hydrogen-bond donors (Lipinski definition) is 1. The summed E-state index contributed by atoms with van der Waals surface area (Å²) in [7, 11) is 0. The molecule has 19 heavy (non-hydrogen) atoms. The second kappa shape index (κ2) is 5.61. The van der Waals surface area contributed by atoms with Crippen molar-refractivity contribution in [1.82, 2.24) is 4.90 Å². The maximum Gasteiger partial charge on any atom is 0.410 e. The van der Waals surface area contributed by atoms with E-state index < -0.39 is 5.60 Å². The van der Waals surface area contributed by atoms with Gasteiger partial charge < -0.3 is 14.7 Å². The van der Waals surface area contributed by atoms with Crippen molar-refractivity contribution in [2.24, 2.45) is 0 Å². The average molecular weight is 263 g/mol. The Morgan fingerprint density at radius 3 is 2.74 bits per heavy atom. The highest BCUT2D eigenvalue weighted by molar-refractivity contribution is 5.68. The predicted octanol–water partition coefficient (Wildman–Crippen LogP) is 2.56. The van der Waals surface area contributed by atoms with Gasteiger partial charge in [-0.2, -0.15) is 0 Å². The van der Waals surface area contributed by atoms with Crippen molar-refractivity contribution in [3.8, 4) is 0 Å². The first kappa shape index (κ1) is 13.9. The molecule has 1 aromatic carbocycles. The highest BCUT2D eigenvalue weighted by Gasteiger charge is 2.39. The van der Waals surface area contributed by atoms with E-state index in [4.69, 9.17) is 4.74 Å². The zero-order valence-corrected chi connectivity index (χ0v) is 11.5. The minimum absolute atomic E-state index is 0.157. The van der Waals surface area contributed by atoms with Gasteiger partial charge in [-0.3, -0.25) is 0 Å². The third-order valence-electron chi connectivity index (χ3n) is 3.51. The molecular weight excluding hydrogens is 242 g/mol. The first-order valence-electron chi connectivity index (χ1n) is 6.68. The molecule has 4 heteroatoms. The SMILES string of the molecule is CC(C)(O)[C@@H]1CCCN1C(=O)OCc1ccccc1. The number of rotatable bonds is 3. The van der Waals surface area contributed by atoms with E-state index in [-0.39, 0.29) is 18.7 Å². The second-order valence-corrected chi connectivity index (χ2v) is 5.55. The fraction of sp³-hybridized carbons (Fsp3) is 0.533. The lowest BCUT2D eigenvalue weighted by molar-refractivity contribution is -0.00561. The smallest absolute Gasteiger partial charge is 0.410 e. The molecule has 1 aliphatic heterocycles. The molecule has 2 rings (SSSR count). The molecule has 1 N–H and O–H groups in total. The number of aliphatic hydroxyl groups is 1. The molecule has 0 bridgehead atoms. The van der Waals surface area contributed by atoms with E-state index >= 15 is 0 Å². The van der Waals surface area contributed by atoms with Gasteiger partial charge in [-0.25, -0.2) is 4.79 Å². The average Bonchev–Trinajstić information content (AvgIpc) is 2.86. The summed E-state index contributed by atoms with van der Waals surface area (Å²) in [5.41, 5.74) is 0.0808. The zero-order chi connectivity index (χ0) is 13.9. The normalized spacial score (nSPS) is 19.5. The van der Waals surface area contributed by atoms with Gasteiger partial charge in [-0.15, -0.1) is 0 Å². The third kappa shape index (κ3) is 3.47. The van der Waals surface area contributed by atoms with Gasteiger partial charge in [0.2, 0.25) is 0 Å². The minimum Gasteiger partial charge on any atom is -0.445 e. The molecule has 0 radical (unpaired) electrons. The Hall–Kier alpha value is -1.55. The van der Waals surface area contributed by atoms with Crippen LogP contribution < -0.4 is 0 Å². The van der Waals surface area contributed by atoms with Gasteiger partial charge >= 0.3 is 6.09 Å². The Morgan fingerprint density at radius 1 is 1.42 bits per heavy atom. The molecule has 1 amide bonds. The summed E-state index contributed by atoms with van der Waals surface area (Å²) in [4.78, 5) is 13.7. The number of hydrogen-bond acceptors (Lipinski definition) is 3. The predicted molar refractivity (Wildman–Crippen MR) is 72.7 cm³/mol. The number of benzene rings is 1. The number of nitrogens with zero attached hydrogens (tertiary/aromatic N) is 1. The highest BCUT2D eigenvalue weighted by Crippen LogP contribution is 2.27. The molecule has 1 fully saturated rings. The lowest BCUT2D eigenvalue weighted by Crippen LogP contribution is -2.48. The standard InChI is InChI=1S/C15H21NO3/c1-15(2,18)13-9-6-10-16(13)14(17)19-11-12-7-4-3-5-8-12/h3-5,7-8,13,18H,6,9-11H2,1-2H3/t13-/m0/s1. The minimum atomic E-state index is -0.887. The number of likely N-dealkylation sites (tertiary alicyclic amines) is 1. The second-order valence-electron chi connectivity index (χ2n) is 5.55. The van der Waals surface area contributed by atoms with Crippen LogP contribution in [0.4, 0.5) is 4.79 Å². The summed E-state index contributed by atoms with van der Waals surface area (Å²) >= 11 is 0. The van der Waals surface area contributed by atoms with E-state index in [0.717, 1.165) is 18.4 Å². The maximum absolute atomic E-state index is 12.1. The Balaban J connectivity index is 1.93. The van der Waals surface area contributed by atoms with E-state index in [0.29, 0.717) is 6.54 Å². The topological polar surface area (TPSA) is 49.8 Å². The van der Waals surface area contributed by atoms with E-state index in [1.165, 1.54) is 0 Å². The summed E-state index contributed by atoms with van der Waals surface area (Å²) in [6.07, 6.45) is 1.40. The van der Waals surface area contributed by atoms with Crippen LogP contribution in [-0.2, 0) is 11.3 Å². The van der Waals surface area contributed by atoms with Gasteiger partial charge in [0.05, 0.1) is 11.6 Å². The molecule has 1 saturated heterocycles. The largest absolute Gasteiger partial charge is 0.445 e. The number of carbonyl (C=O) groups excluding carboxylic acids is 1. The molecule has 1 aliphatic rings. The summed E-state index contributed by atoms with van der Waals surface area (Å²) in [5.74, 6) is 0. The van der Waals surface area contributed by atoms with Crippen molar-refractivity contribution < 1.29 is 14.6 Å². The van der Waals surface area contributed by atoms with Crippen molar-refractivity contribution in [3.63, 3.8) is 0 Å².